The van der Waals surface area contributed by atoms with Gasteiger partial charge in [-0.05, 0) is 31.7 Å². The average molecular weight is 311 g/mol. The Morgan fingerprint density at radius 3 is 2.81 bits per heavy atom. The Bertz CT molecular complexity index is 670. The van der Waals surface area contributed by atoms with Crippen molar-refractivity contribution in [3.63, 3.8) is 0 Å². The zero-order valence-corrected chi connectivity index (χ0v) is 12.6. The molecule has 0 aromatic heterocycles. The van der Waals surface area contributed by atoms with E-state index in [9.17, 15) is 13.2 Å². The monoisotopic (exact) mass is 311 g/mol. The number of hydrogen-bond acceptors (Lipinski definition) is 6. The molecule has 0 bridgehead atoms. The highest BCUT2D eigenvalue weighted by Gasteiger charge is 2.31. The summed E-state index contributed by atoms with van der Waals surface area (Å²) in [6.07, 6.45) is 0.591. The van der Waals surface area contributed by atoms with Crippen LogP contribution in [0.5, 0.6) is 11.5 Å². The Balaban J connectivity index is 1.66. The van der Waals surface area contributed by atoms with Crippen molar-refractivity contribution in [2.24, 2.45) is 0 Å². The number of likely N-dealkylation sites (N-methyl/N-ethyl adjacent to an activating group) is 1. The molecule has 1 fully saturated rings. The number of fused-ring (bicyclic) bond motifs is 1. The Morgan fingerprint density at radius 1 is 1.33 bits per heavy atom. The van der Waals surface area contributed by atoms with E-state index in [4.69, 9.17) is 9.47 Å². The molecular formula is C14H17NO5S. The van der Waals surface area contributed by atoms with Crippen LogP contribution < -0.4 is 9.47 Å². The standard InChI is InChI=1S/C14H17NO5S/c1-15(11-4-5-21(17,18)8-11)7-12(16)10-2-3-13-14(6-10)20-9-19-13/h2-3,6,11H,4-5,7-9H2,1H3. The maximum absolute atomic E-state index is 12.3. The lowest BCUT2D eigenvalue weighted by atomic mass is 10.1. The first kappa shape index (κ1) is 14.3. The van der Waals surface area contributed by atoms with E-state index >= 15 is 0 Å². The minimum atomic E-state index is -2.94. The molecule has 1 atom stereocenters. The first-order chi connectivity index (χ1) is 9.94. The van der Waals surface area contributed by atoms with Gasteiger partial charge in [-0.2, -0.15) is 0 Å². The number of carbonyl (C=O) groups excluding carboxylic acids is 1. The van der Waals surface area contributed by atoms with Crippen molar-refractivity contribution in [3.05, 3.63) is 23.8 Å². The number of sulfone groups is 1. The highest BCUT2D eigenvalue weighted by molar-refractivity contribution is 7.91. The van der Waals surface area contributed by atoms with E-state index in [1.165, 1.54) is 0 Å². The predicted molar refractivity (Wildman–Crippen MR) is 76.6 cm³/mol. The lowest BCUT2D eigenvalue weighted by molar-refractivity contribution is 0.0926. The van der Waals surface area contributed by atoms with Crippen LogP contribution in [0.15, 0.2) is 18.2 Å². The minimum Gasteiger partial charge on any atom is -0.454 e. The summed E-state index contributed by atoms with van der Waals surface area (Å²) in [6.45, 7) is 0.368. The van der Waals surface area contributed by atoms with Crippen molar-refractivity contribution in [3.8, 4) is 11.5 Å². The van der Waals surface area contributed by atoms with Crippen molar-refractivity contribution in [2.75, 3.05) is 31.9 Å². The fraction of sp³-hybridized carbons (Fsp3) is 0.500. The molecule has 1 aromatic rings. The van der Waals surface area contributed by atoms with Crippen LogP contribution in [-0.2, 0) is 9.84 Å². The number of benzene rings is 1. The van der Waals surface area contributed by atoms with Crippen LogP contribution in [0.2, 0.25) is 0 Å². The van der Waals surface area contributed by atoms with Gasteiger partial charge >= 0.3 is 0 Å². The second kappa shape index (κ2) is 5.31. The lowest BCUT2D eigenvalue weighted by Crippen LogP contribution is -2.36. The first-order valence-electron chi connectivity index (χ1n) is 6.78. The summed E-state index contributed by atoms with van der Waals surface area (Å²) in [7, 11) is -1.15. The summed E-state index contributed by atoms with van der Waals surface area (Å²) in [5.74, 6) is 1.51. The number of carbonyl (C=O) groups is 1. The third kappa shape index (κ3) is 3.03. The van der Waals surface area contributed by atoms with E-state index in [-0.39, 0.29) is 36.7 Å². The molecule has 3 rings (SSSR count). The number of Topliss-reactive ketones (excluding diaryl/α,β-unsaturated/α-hetero) is 1. The average Bonchev–Trinajstić information content (AvgIpc) is 3.03. The van der Waals surface area contributed by atoms with Gasteiger partial charge in [0.25, 0.3) is 0 Å². The molecule has 0 saturated carbocycles. The number of ketones is 1. The van der Waals surface area contributed by atoms with Gasteiger partial charge < -0.3 is 9.47 Å². The number of ether oxygens (including phenoxy) is 2. The van der Waals surface area contributed by atoms with Crippen LogP contribution in [-0.4, -0.2) is 57.0 Å². The normalized spacial score (nSPS) is 22.7. The van der Waals surface area contributed by atoms with E-state index in [0.29, 0.717) is 23.5 Å². The van der Waals surface area contributed by atoms with Crippen LogP contribution >= 0.6 is 0 Å². The fourth-order valence-corrected chi connectivity index (χ4v) is 4.45. The molecule has 2 aliphatic heterocycles. The van der Waals surface area contributed by atoms with Gasteiger partial charge in [0.2, 0.25) is 6.79 Å². The molecule has 1 unspecified atom stereocenters. The van der Waals surface area contributed by atoms with Gasteiger partial charge in [-0.25, -0.2) is 8.42 Å². The third-order valence-electron chi connectivity index (χ3n) is 3.92. The van der Waals surface area contributed by atoms with E-state index in [0.717, 1.165) is 0 Å². The molecule has 0 N–H and O–H groups in total. The molecule has 0 aliphatic carbocycles. The molecule has 0 spiro atoms. The van der Waals surface area contributed by atoms with Crippen molar-refractivity contribution in [1.82, 2.24) is 4.90 Å². The Hall–Kier alpha value is -1.60. The van der Waals surface area contributed by atoms with Gasteiger partial charge in [-0.15, -0.1) is 0 Å². The third-order valence-corrected chi connectivity index (χ3v) is 5.67. The van der Waals surface area contributed by atoms with Gasteiger partial charge in [-0.3, -0.25) is 9.69 Å². The van der Waals surface area contributed by atoms with E-state index in [1.54, 1.807) is 25.2 Å². The van der Waals surface area contributed by atoms with Crippen molar-refractivity contribution >= 4 is 15.6 Å². The molecule has 2 aliphatic rings. The maximum Gasteiger partial charge on any atom is 0.231 e. The van der Waals surface area contributed by atoms with Crippen molar-refractivity contribution in [1.29, 1.82) is 0 Å². The van der Waals surface area contributed by atoms with E-state index in [2.05, 4.69) is 0 Å². The van der Waals surface area contributed by atoms with Crippen molar-refractivity contribution < 1.29 is 22.7 Å². The smallest absolute Gasteiger partial charge is 0.231 e. The molecule has 1 saturated heterocycles. The molecule has 6 nitrogen and oxygen atoms in total. The SMILES string of the molecule is CN(CC(=O)c1ccc2c(c1)OCO2)C1CCS(=O)(=O)C1. The van der Waals surface area contributed by atoms with Crippen LogP contribution in [0.25, 0.3) is 0 Å². The minimum absolute atomic E-state index is 0.0555. The molecule has 21 heavy (non-hydrogen) atoms. The zero-order valence-electron chi connectivity index (χ0n) is 11.7. The molecule has 0 radical (unpaired) electrons. The van der Waals surface area contributed by atoms with E-state index in [1.807, 2.05) is 4.90 Å². The Morgan fingerprint density at radius 2 is 2.10 bits per heavy atom. The number of rotatable bonds is 4. The predicted octanol–water partition coefficient (Wildman–Crippen LogP) is 0.717. The summed E-state index contributed by atoms with van der Waals surface area (Å²) in [5.41, 5.74) is 0.548. The fourth-order valence-electron chi connectivity index (χ4n) is 2.64. The second-order valence-electron chi connectivity index (χ2n) is 5.46. The van der Waals surface area contributed by atoms with Crippen LogP contribution in [0.1, 0.15) is 16.8 Å². The van der Waals surface area contributed by atoms with Crippen LogP contribution in [0, 0.1) is 0 Å². The quantitative estimate of drug-likeness (QED) is 0.763. The molecule has 0 amide bonds. The lowest BCUT2D eigenvalue weighted by Gasteiger charge is -2.22. The molecule has 114 valence electrons. The Kier molecular flexibility index (Phi) is 3.62. The summed E-state index contributed by atoms with van der Waals surface area (Å²) in [4.78, 5) is 14.1. The number of hydrogen-bond donors (Lipinski definition) is 0. The second-order valence-corrected chi connectivity index (χ2v) is 7.69. The summed E-state index contributed by atoms with van der Waals surface area (Å²) in [5, 5.41) is 0. The van der Waals surface area contributed by atoms with Gasteiger partial charge in [0.05, 0.1) is 18.1 Å². The molecular weight excluding hydrogens is 294 g/mol. The highest BCUT2D eigenvalue weighted by atomic mass is 32.2. The molecule has 7 heteroatoms. The topological polar surface area (TPSA) is 72.9 Å². The Labute approximate surface area is 123 Å². The van der Waals surface area contributed by atoms with Crippen LogP contribution in [0.3, 0.4) is 0 Å². The van der Waals surface area contributed by atoms with Crippen LogP contribution in [0.4, 0.5) is 0 Å². The first-order valence-corrected chi connectivity index (χ1v) is 8.60. The van der Waals surface area contributed by atoms with Gasteiger partial charge in [-0.1, -0.05) is 0 Å². The zero-order chi connectivity index (χ0) is 15.0. The van der Waals surface area contributed by atoms with Gasteiger partial charge in [0.15, 0.2) is 27.1 Å². The maximum atomic E-state index is 12.3. The summed E-state index contributed by atoms with van der Waals surface area (Å²) in [6, 6.07) is 5.02. The van der Waals surface area contributed by atoms with Gasteiger partial charge in [0, 0.05) is 11.6 Å². The largest absolute Gasteiger partial charge is 0.454 e. The van der Waals surface area contributed by atoms with Crippen molar-refractivity contribution in [2.45, 2.75) is 12.5 Å². The summed E-state index contributed by atoms with van der Waals surface area (Å²) < 4.78 is 33.4. The highest BCUT2D eigenvalue weighted by Crippen LogP contribution is 2.32. The van der Waals surface area contributed by atoms with Gasteiger partial charge in [0.1, 0.15) is 0 Å². The molecule has 1 aromatic carbocycles. The number of nitrogens with zero attached hydrogens (tertiary/aromatic N) is 1. The van der Waals surface area contributed by atoms with E-state index < -0.39 is 9.84 Å². The summed E-state index contributed by atoms with van der Waals surface area (Å²) >= 11 is 0. The molecule has 2 heterocycles.